The van der Waals surface area contributed by atoms with Crippen LogP contribution in [0.4, 0.5) is 5.69 Å². The van der Waals surface area contributed by atoms with Crippen molar-refractivity contribution in [1.82, 2.24) is 5.32 Å². The fourth-order valence-corrected chi connectivity index (χ4v) is 3.03. The molecule has 0 spiro atoms. The monoisotopic (exact) mass is 372 g/mol. The molecule has 1 fully saturated rings. The Kier molecular flexibility index (Phi) is 7.45. The van der Waals surface area contributed by atoms with Crippen LogP contribution >= 0.6 is 0 Å². The molecule has 2 rings (SSSR count). The van der Waals surface area contributed by atoms with Crippen LogP contribution in [0.5, 0.6) is 0 Å². The first-order valence-electron chi connectivity index (χ1n) is 9.80. The van der Waals surface area contributed by atoms with E-state index in [1.165, 1.54) is 37.4 Å². The Bertz CT molecular complexity index is 651. The lowest BCUT2D eigenvalue weighted by molar-refractivity contribution is -0.150. The molecule has 0 aliphatic carbocycles. The molecule has 0 unspecified atom stereocenters. The van der Waals surface area contributed by atoms with Crippen LogP contribution in [-0.4, -0.2) is 36.6 Å². The molecule has 0 aromatic heterocycles. The van der Waals surface area contributed by atoms with Crippen LogP contribution in [0.25, 0.3) is 6.08 Å². The minimum absolute atomic E-state index is 0.300. The summed E-state index contributed by atoms with van der Waals surface area (Å²) >= 11 is 0. The fraction of sp³-hybridized carbons (Fsp3) is 0.545. The second-order valence-electron chi connectivity index (χ2n) is 8.14. The van der Waals surface area contributed by atoms with Crippen molar-refractivity contribution in [1.29, 1.82) is 0 Å². The van der Waals surface area contributed by atoms with Crippen LogP contribution in [0.3, 0.4) is 0 Å². The largest absolute Gasteiger partial charge is 0.449 e. The number of anilines is 1. The Morgan fingerprint density at radius 3 is 2.22 bits per heavy atom. The summed E-state index contributed by atoms with van der Waals surface area (Å²) in [7, 11) is 0. The molecule has 148 valence electrons. The second kappa shape index (κ2) is 9.58. The predicted molar refractivity (Wildman–Crippen MR) is 110 cm³/mol. The number of nitrogens with zero attached hydrogens (tertiary/aromatic N) is 1. The number of nitrogens with one attached hydrogen (secondary N) is 1. The van der Waals surface area contributed by atoms with E-state index in [0.717, 1.165) is 18.7 Å². The number of ether oxygens (including phenoxy) is 1. The first-order valence-corrected chi connectivity index (χ1v) is 9.80. The summed E-state index contributed by atoms with van der Waals surface area (Å²) in [4.78, 5) is 26.3. The third-order valence-electron chi connectivity index (χ3n) is 4.44. The molecule has 1 saturated heterocycles. The number of hydrogen-bond donors (Lipinski definition) is 1. The van der Waals surface area contributed by atoms with Crippen molar-refractivity contribution < 1.29 is 14.3 Å². The number of carbonyl (C=O) groups is 2. The number of benzene rings is 1. The molecule has 1 aliphatic rings. The number of amides is 1. The number of hydrogen-bond acceptors (Lipinski definition) is 4. The third-order valence-corrected chi connectivity index (χ3v) is 4.44. The van der Waals surface area contributed by atoms with Gasteiger partial charge in [-0.25, -0.2) is 4.79 Å². The average Bonchev–Trinajstić information content (AvgIpc) is 2.88. The van der Waals surface area contributed by atoms with Crippen molar-refractivity contribution in [2.45, 2.75) is 65.0 Å². The maximum absolute atomic E-state index is 12.0. The lowest BCUT2D eigenvalue weighted by Gasteiger charge is -2.23. The number of rotatable bonds is 5. The Hall–Kier alpha value is -2.30. The predicted octanol–water partition coefficient (Wildman–Crippen LogP) is 3.93. The maximum Gasteiger partial charge on any atom is 0.331 e. The molecule has 1 aromatic rings. The summed E-state index contributed by atoms with van der Waals surface area (Å²) in [6.45, 7) is 9.44. The van der Waals surface area contributed by atoms with Crippen molar-refractivity contribution in [3.05, 3.63) is 35.9 Å². The number of carbonyl (C=O) groups excluding carboxylic acids is 2. The molecule has 1 atom stereocenters. The highest BCUT2D eigenvalue weighted by atomic mass is 16.5. The van der Waals surface area contributed by atoms with Gasteiger partial charge in [0.2, 0.25) is 0 Å². The lowest BCUT2D eigenvalue weighted by atomic mass is 10.1. The van der Waals surface area contributed by atoms with E-state index >= 15 is 0 Å². The second-order valence-corrected chi connectivity index (χ2v) is 8.14. The zero-order valence-electron chi connectivity index (χ0n) is 17.0. The van der Waals surface area contributed by atoms with Gasteiger partial charge in [0.05, 0.1) is 0 Å². The highest BCUT2D eigenvalue weighted by Crippen LogP contribution is 2.20. The highest BCUT2D eigenvalue weighted by molar-refractivity contribution is 5.90. The molecule has 5 nitrogen and oxygen atoms in total. The summed E-state index contributed by atoms with van der Waals surface area (Å²) in [5, 5.41) is 2.79. The molecule has 0 saturated carbocycles. The van der Waals surface area contributed by atoms with E-state index in [9.17, 15) is 9.59 Å². The molecule has 27 heavy (non-hydrogen) atoms. The van der Waals surface area contributed by atoms with E-state index in [2.05, 4.69) is 22.3 Å². The van der Waals surface area contributed by atoms with Crippen LogP contribution in [-0.2, 0) is 14.3 Å². The Balaban J connectivity index is 1.87. The van der Waals surface area contributed by atoms with Gasteiger partial charge >= 0.3 is 5.97 Å². The van der Waals surface area contributed by atoms with Gasteiger partial charge in [-0.05, 0) is 64.3 Å². The van der Waals surface area contributed by atoms with E-state index in [4.69, 9.17) is 4.74 Å². The topological polar surface area (TPSA) is 58.6 Å². The maximum atomic E-state index is 12.0. The van der Waals surface area contributed by atoms with Crippen LogP contribution < -0.4 is 10.2 Å². The highest BCUT2D eigenvalue weighted by Gasteiger charge is 2.21. The third kappa shape index (κ3) is 7.45. The molecule has 5 heteroatoms. The van der Waals surface area contributed by atoms with E-state index in [0.29, 0.717) is 0 Å². The van der Waals surface area contributed by atoms with Gasteiger partial charge in [0.25, 0.3) is 5.91 Å². The molecule has 0 bridgehead atoms. The van der Waals surface area contributed by atoms with Gasteiger partial charge in [0.1, 0.15) is 0 Å². The molecule has 1 N–H and O–H groups in total. The molecular weight excluding hydrogens is 340 g/mol. The first kappa shape index (κ1) is 21.0. The minimum Gasteiger partial charge on any atom is -0.449 e. The van der Waals surface area contributed by atoms with Crippen molar-refractivity contribution >= 4 is 23.6 Å². The summed E-state index contributed by atoms with van der Waals surface area (Å²) in [6.07, 6.45) is 7.36. The van der Waals surface area contributed by atoms with Crippen LogP contribution in [0.1, 0.15) is 58.9 Å². The summed E-state index contributed by atoms with van der Waals surface area (Å²) in [5.41, 5.74) is 1.80. The van der Waals surface area contributed by atoms with E-state index in [1.54, 1.807) is 13.0 Å². The Morgan fingerprint density at radius 2 is 1.67 bits per heavy atom. The van der Waals surface area contributed by atoms with Gasteiger partial charge in [-0.2, -0.15) is 0 Å². The van der Waals surface area contributed by atoms with Gasteiger partial charge in [-0.15, -0.1) is 0 Å². The normalized spacial score (nSPS) is 16.7. The molecule has 0 radical (unpaired) electrons. The standard InChI is InChI=1S/C22H32N2O3/c1-17(21(26)23-22(2,3)4)27-20(25)14-11-18-9-12-19(13-10-18)24-15-7-5-6-8-16-24/h9-14,17H,5-8,15-16H2,1-4H3,(H,23,26)/b14-11+/t17-/m0/s1. The van der Waals surface area contributed by atoms with Crippen molar-refractivity contribution in [2.75, 3.05) is 18.0 Å². The minimum atomic E-state index is -0.827. The van der Waals surface area contributed by atoms with Crippen LogP contribution in [0, 0.1) is 0 Å². The average molecular weight is 373 g/mol. The molecule has 1 aromatic carbocycles. The number of esters is 1. The zero-order valence-corrected chi connectivity index (χ0v) is 17.0. The SMILES string of the molecule is C[C@H](OC(=O)/C=C/c1ccc(N2CCCCCC2)cc1)C(=O)NC(C)(C)C. The molecule has 1 aliphatic heterocycles. The fourth-order valence-electron chi connectivity index (χ4n) is 3.03. The van der Waals surface area contributed by atoms with E-state index < -0.39 is 12.1 Å². The Labute approximate surface area is 162 Å². The van der Waals surface area contributed by atoms with Crippen molar-refractivity contribution in [2.24, 2.45) is 0 Å². The van der Waals surface area contributed by atoms with E-state index in [1.807, 2.05) is 32.9 Å². The zero-order chi connectivity index (χ0) is 19.9. The van der Waals surface area contributed by atoms with Gasteiger partial charge in [-0.1, -0.05) is 25.0 Å². The summed E-state index contributed by atoms with van der Waals surface area (Å²) < 4.78 is 5.17. The smallest absolute Gasteiger partial charge is 0.331 e. The van der Waals surface area contributed by atoms with Gasteiger partial charge in [0.15, 0.2) is 6.10 Å². The Morgan fingerprint density at radius 1 is 1.07 bits per heavy atom. The van der Waals surface area contributed by atoms with Crippen LogP contribution in [0.2, 0.25) is 0 Å². The quantitative estimate of drug-likeness (QED) is 0.628. The van der Waals surface area contributed by atoms with Crippen LogP contribution in [0.15, 0.2) is 30.3 Å². The van der Waals surface area contributed by atoms with Gasteiger partial charge in [-0.3, -0.25) is 4.79 Å². The summed E-state index contributed by atoms with van der Waals surface area (Å²) in [5.74, 6) is -0.825. The lowest BCUT2D eigenvalue weighted by Crippen LogP contribution is -2.46. The summed E-state index contributed by atoms with van der Waals surface area (Å²) in [6, 6.07) is 8.19. The first-order chi connectivity index (χ1) is 12.7. The van der Waals surface area contributed by atoms with E-state index in [-0.39, 0.29) is 11.4 Å². The molecule has 1 amide bonds. The van der Waals surface area contributed by atoms with Crippen molar-refractivity contribution in [3.63, 3.8) is 0 Å². The molecular formula is C22H32N2O3. The molecule has 1 heterocycles. The van der Waals surface area contributed by atoms with Gasteiger partial charge < -0.3 is 15.0 Å². The van der Waals surface area contributed by atoms with Crippen molar-refractivity contribution in [3.8, 4) is 0 Å². The van der Waals surface area contributed by atoms with Gasteiger partial charge in [0, 0.05) is 30.4 Å².